The van der Waals surface area contributed by atoms with Crippen LogP contribution < -0.4 is 0 Å². The number of benzene rings is 1. The molecule has 0 radical (unpaired) electrons. The van der Waals surface area contributed by atoms with Gasteiger partial charge in [-0.25, -0.2) is 0 Å². The van der Waals surface area contributed by atoms with E-state index in [1.807, 2.05) is 6.21 Å². The molecule has 0 N–H and O–H groups in total. The molecule has 1 rings (SSSR count). The minimum atomic E-state index is -2.44. The largest absolute Gasteiger partial charge is 0.500 e. The Kier molecular flexibility index (Phi) is 7.81. The van der Waals surface area contributed by atoms with Crippen molar-refractivity contribution in [2.75, 3.05) is 27.9 Å². The summed E-state index contributed by atoms with van der Waals surface area (Å²) in [6.07, 6.45) is 2.81. The summed E-state index contributed by atoms with van der Waals surface area (Å²) < 4.78 is 16.1. The maximum Gasteiger partial charge on any atom is 0.500 e. The third-order valence-corrected chi connectivity index (χ3v) is 6.38. The topological polar surface area (TPSA) is 40.0 Å². The van der Waals surface area contributed by atoms with Crippen molar-refractivity contribution >= 4 is 15.0 Å². The lowest BCUT2D eigenvalue weighted by molar-refractivity contribution is 0.123. The van der Waals surface area contributed by atoms with E-state index in [1.54, 1.807) is 21.3 Å². The van der Waals surface area contributed by atoms with Gasteiger partial charge in [0.05, 0.1) is 0 Å². The van der Waals surface area contributed by atoms with Gasteiger partial charge in [-0.2, -0.15) is 0 Å². The van der Waals surface area contributed by atoms with Gasteiger partial charge in [0.15, 0.2) is 0 Å². The van der Waals surface area contributed by atoms with Crippen LogP contribution >= 0.6 is 0 Å². The quantitative estimate of drug-likeness (QED) is 0.398. The summed E-state index contributed by atoms with van der Waals surface area (Å²) in [6.45, 7) is 5.14. The van der Waals surface area contributed by atoms with Crippen LogP contribution in [0, 0.1) is 0 Å². The molecule has 0 aliphatic heterocycles. The number of aliphatic imine (C=N–C) groups is 1. The van der Waals surface area contributed by atoms with Gasteiger partial charge in [-0.15, -0.1) is 0 Å². The first kappa shape index (κ1) is 18.0. The molecule has 0 bridgehead atoms. The van der Waals surface area contributed by atoms with Crippen LogP contribution in [0.4, 0.5) is 0 Å². The SMILES string of the molecule is CO[Si](CCCN=Cc1ccc(C(C)C)cc1)(OC)OC. The molecule has 4 nitrogen and oxygen atoms in total. The number of hydrogen-bond acceptors (Lipinski definition) is 4. The average Bonchev–Trinajstić information content (AvgIpc) is 2.52. The Hall–Kier alpha value is -1.01. The van der Waals surface area contributed by atoms with Crippen LogP contribution in [0.15, 0.2) is 29.3 Å². The van der Waals surface area contributed by atoms with Crippen LogP contribution in [0.3, 0.4) is 0 Å². The van der Waals surface area contributed by atoms with Gasteiger partial charge in [0, 0.05) is 40.1 Å². The molecule has 0 saturated carbocycles. The van der Waals surface area contributed by atoms with Crippen molar-refractivity contribution in [3.8, 4) is 0 Å². The molecular weight excluding hydrogens is 282 g/mol. The first-order valence-corrected chi connectivity index (χ1v) is 9.25. The van der Waals surface area contributed by atoms with Gasteiger partial charge in [-0.05, 0) is 23.5 Å². The summed E-state index contributed by atoms with van der Waals surface area (Å²) in [5.74, 6) is 0.561. The molecule has 0 aliphatic carbocycles. The van der Waals surface area contributed by atoms with Crippen molar-refractivity contribution in [3.05, 3.63) is 35.4 Å². The molecule has 0 unspecified atom stereocenters. The van der Waals surface area contributed by atoms with Crippen molar-refractivity contribution in [1.82, 2.24) is 0 Å². The van der Waals surface area contributed by atoms with E-state index in [0.717, 1.165) is 24.6 Å². The van der Waals surface area contributed by atoms with E-state index in [4.69, 9.17) is 13.3 Å². The molecule has 5 heteroatoms. The van der Waals surface area contributed by atoms with Gasteiger partial charge in [0.2, 0.25) is 0 Å². The van der Waals surface area contributed by atoms with Gasteiger partial charge in [-0.1, -0.05) is 38.1 Å². The summed E-state index contributed by atoms with van der Waals surface area (Å²) in [6, 6.07) is 9.31. The fourth-order valence-electron chi connectivity index (χ4n) is 2.08. The standard InChI is InChI=1S/C16H27NO3Si/c1-14(2)16-9-7-15(8-10-16)13-17-11-6-12-21(18-3,19-4)20-5/h7-10,13-14H,6,11-12H2,1-5H3. The third-order valence-electron chi connectivity index (χ3n) is 3.55. The Balaban J connectivity index is 2.41. The van der Waals surface area contributed by atoms with E-state index in [1.165, 1.54) is 5.56 Å². The van der Waals surface area contributed by atoms with Crippen LogP contribution in [-0.2, 0) is 13.3 Å². The van der Waals surface area contributed by atoms with Gasteiger partial charge in [-0.3, -0.25) is 4.99 Å². The smallest absolute Gasteiger partial charge is 0.377 e. The molecule has 21 heavy (non-hydrogen) atoms. The minimum absolute atomic E-state index is 0.561. The molecule has 0 fully saturated rings. The van der Waals surface area contributed by atoms with Crippen LogP contribution in [-0.4, -0.2) is 42.9 Å². The molecule has 1 aromatic carbocycles. The van der Waals surface area contributed by atoms with E-state index in [0.29, 0.717) is 5.92 Å². The van der Waals surface area contributed by atoms with Gasteiger partial charge in [0.25, 0.3) is 0 Å². The molecule has 0 saturated heterocycles. The Labute approximate surface area is 129 Å². The van der Waals surface area contributed by atoms with E-state index < -0.39 is 8.80 Å². The molecule has 0 atom stereocenters. The van der Waals surface area contributed by atoms with E-state index in [9.17, 15) is 0 Å². The van der Waals surface area contributed by atoms with Crippen molar-refractivity contribution in [1.29, 1.82) is 0 Å². The van der Waals surface area contributed by atoms with Crippen molar-refractivity contribution < 1.29 is 13.3 Å². The lowest BCUT2D eigenvalue weighted by Crippen LogP contribution is -2.42. The Morgan fingerprint density at radius 3 is 2.10 bits per heavy atom. The van der Waals surface area contributed by atoms with E-state index >= 15 is 0 Å². The fourth-order valence-corrected chi connectivity index (χ4v) is 3.78. The van der Waals surface area contributed by atoms with Gasteiger partial charge < -0.3 is 13.3 Å². The second-order valence-corrected chi connectivity index (χ2v) is 8.35. The summed E-state index contributed by atoms with van der Waals surface area (Å²) >= 11 is 0. The predicted octanol–water partition coefficient (Wildman–Crippen LogP) is 3.50. The zero-order valence-electron chi connectivity index (χ0n) is 13.8. The molecule has 1 aromatic rings. The highest BCUT2D eigenvalue weighted by molar-refractivity contribution is 6.60. The number of nitrogens with zero attached hydrogens (tertiary/aromatic N) is 1. The van der Waals surface area contributed by atoms with Gasteiger partial charge >= 0.3 is 8.80 Å². The summed E-state index contributed by atoms with van der Waals surface area (Å²) in [5.41, 5.74) is 2.48. The van der Waals surface area contributed by atoms with Crippen molar-refractivity contribution in [2.45, 2.75) is 32.2 Å². The highest BCUT2D eigenvalue weighted by atomic mass is 28.4. The monoisotopic (exact) mass is 309 g/mol. The Morgan fingerprint density at radius 1 is 1.05 bits per heavy atom. The highest BCUT2D eigenvalue weighted by Gasteiger charge is 2.36. The highest BCUT2D eigenvalue weighted by Crippen LogP contribution is 2.15. The summed E-state index contributed by atoms with van der Waals surface area (Å²) in [5, 5.41) is 0. The van der Waals surface area contributed by atoms with Crippen LogP contribution in [0.5, 0.6) is 0 Å². The predicted molar refractivity (Wildman–Crippen MR) is 89.2 cm³/mol. The van der Waals surface area contributed by atoms with Crippen LogP contribution in [0.1, 0.15) is 37.3 Å². The first-order valence-electron chi connectivity index (χ1n) is 7.32. The van der Waals surface area contributed by atoms with Crippen LogP contribution in [0.2, 0.25) is 6.04 Å². The fraction of sp³-hybridized carbons (Fsp3) is 0.562. The Morgan fingerprint density at radius 2 is 1.62 bits per heavy atom. The number of hydrogen-bond donors (Lipinski definition) is 0. The molecule has 0 heterocycles. The summed E-state index contributed by atoms with van der Waals surface area (Å²) in [7, 11) is 2.47. The normalized spacial score (nSPS) is 12.5. The molecule has 0 aliphatic rings. The zero-order chi connectivity index (χ0) is 15.7. The molecule has 118 valence electrons. The van der Waals surface area contributed by atoms with Crippen LogP contribution in [0.25, 0.3) is 0 Å². The molecule has 0 amide bonds. The maximum absolute atomic E-state index is 5.38. The third kappa shape index (κ3) is 5.71. The molecular formula is C16H27NO3Si. The Bertz CT molecular complexity index is 419. The zero-order valence-corrected chi connectivity index (χ0v) is 14.8. The molecule has 0 aromatic heterocycles. The maximum atomic E-state index is 5.38. The number of rotatable bonds is 9. The second kappa shape index (κ2) is 9.10. The lowest BCUT2D eigenvalue weighted by atomic mass is 10.0. The molecule has 0 spiro atoms. The minimum Gasteiger partial charge on any atom is -0.377 e. The second-order valence-electron chi connectivity index (χ2n) is 5.26. The first-order chi connectivity index (χ1) is 10.1. The average molecular weight is 309 g/mol. The summed E-state index contributed by atoms with van der Waals surface area (Å²) in [4.78, 5) is 4.45. The van der Waals surface area contributed by atoms with Crippen molar-refractivity contribution in [3.63, 3.8) is 0 Å². The van der Waals surface area contributed by atoms with E-state index in [-0.39, 0.29) is 0 Å². The van der Waals surface area contributed by atoms with E-state index in [2.05, 4.69) is 43.1 Å². The lowest BCUT2D eigenvalue weighted by Gasteiger charge is -2.23. The van der Waals surface area contributed by atoms with Crippen molar-refractivity contribution in [2.24, 2.45) is 4.99 Å². The van der Waals surface area contributed by atoms with Gasteiger partial charge in [0.1, 0.15) is 0 Å².